The quantitative estimate of drug-likeness (QED) is 0.673. The number of anilines is 1. The molecule has 1 heterocycles. The lowest BCUT2D eigenvalue weighted by Gasteiger charge is -2.19. The first kappa shape index (κ1) is 19.3. The molecule has 0 saturated carbocycles. The molecule has 1 amide bonds. The fourth-order valence-corrected chi connectivity index (χ4v) is 2.41. The van der Waals surface area contributed by atoms with E-state index < -0.39 is 29.9 Å². The Balaban J connectivity index is 2.61. The van der Waals surface area contributed by atoms with E-state index in [9.17, 15) is 19.8 Å². The van der Waals surface area contributed by atoms with Gasteiger partial charge in [-0.3, -0.25) is 10.1 Å². The highest BCUT2D eigenvalue weighted by atomic mass is 32.1. The maximum absolute atomic E-state index is 11.6. The van der Waals surface area contributed by atoms with Gasteiger partial charge >= 0.3 is 12.1 Å². The molecule has 0 bridgehead atoms. The van der Waals surface area contributed by atoms with Crippen molar-refractivity contribution in [1.82, 2.24) is 4.98 Å². The van der Waals surface area contributed by atoms with Crippen LogP contribution in [0.3, 0.4) is 0 Å². The number of esters is 1. The molecule has 1 rings (SSSR count). The van der Waals surface area contributed by atoms with Gasteiger partial charge in [0.2, 0.25) is 0 Å². The van der Waals surface area contributed by atoms with Gasteiger partial charge < -0.3 is 19.7 Å². The van der Waals surface area contributed by atoms with E-state index in [4.69, 9.17) is 9.47 Å². The highest BCUT2D eigenvalue weighted by Gasteiger charge is 2.25. The number of ether oxygens (including phenoxy) is 2. The molecule has 0 spiro atoms. The summed E-state index contributed by atoms with van der Waals surface area (Å²) in [5.41, 5.74) is -0.639. The third-order valence-corrected chi connectivity index (χ3v) is 3.45. The molecule has 0 aliphatic heterocycles. The van der Waals surface area contributed by atoms with Gasteiger partial charge in [-0.15, -0.1) is 0 Å². The number of aliphatic hydroxyl groups is 2. The maximum Gasteiger partial charge on any atom is 0.413 e. The SMILES string of the molecule is CCOC(=O)CC(O)C(O)c1cnc(NC(=O)OC(C)(C)C)s1. The molecule has 1 aromatic heterocycles. The van der Waals surface area contributed by atoms with Crippen LogP contribution in [0.4, 0.5) is 9.93 Å². The molecule has 0 aromatic carbocycles. The molecule has 0 aliphatic rings. The lowest BCUT2D eigenvalue weighted by atomic mass is 10.1. The molecule has 0 fully saturated rings. The summed E-state index contributed by atoms with van der Waals surface area (Å²) >= 11 is 0.979. The third-order valence-electron chi connectivity index (χ3n) is 2.47. The minimum Gasteiger partial charge on any atom is -0.466 e. The van der Waals surface area contributed by atoms with E-state index in [2.05, 4.69) is 10.3 Å². The van der Waals surface area contributed by atoms with Crippen LogP contribution in [0.5, 0.6) is 0 Å². The fourth-order valence-electron chi connectivity index (χ4n) is 1.56. The number of nitrogens with zero attached hydrogens (tertiary/aromatic N) is 1. The smallest absolute Gasteiger partial charge is 0.413 e. The van der Waals surface area contributed by atoms with E-state index in [1.165, 1.54) is 6.20 Å². The minimum absolute atomic E-state index is 0.201. The number of hydrogen-bond donors (Lipinski definition) is 3. The summed E-state index contributed by atoms with van der Waals surface area (Å²) in [6.45, 7) is 7.05. The van der Waals surface area contributed by atoms with E-state index in [0.29, 0.717) is 4.88 Å². The van der Waals surface area contributed by atoms with Gasteiger partial charge in [0.25, 0.3) is 0 Å². The van der Waals surface area contributed by atoms with Crippen LogP contribution >= 0.6 is 11.3 Å². The molecule has 9 heteroatoms. The van der Waals surface area contributed by atoms with E-state index in [-0.39, 0.29) is 18.2 Å². The number of rotatable bonds is 6. The van der Waals surface area contributed by atoms with Crippen molar-refractivity contribution in [2.75, 3.05) is 11.9 Å². The average Bonchev–Trinajstić information content (AvgIpc) is 2.83. The normalized spacial score (nSPS) is 14.0. The molecule has 0 saturated heterocycles. The van der Waals surface area contributed by atoms with Gasteiger partial charge in [-0.25, -0.2) is 9.78 Å². The lowest BCUT2D eigenvalue weighted by Crippen LogP contribution is -2.27. The molecule has 2 unspecified atom stereocenters. The molecule has 130 valence electrons. The van der Waals surface area contributed by atoms with Crippen LogP contribution in [0.2, 0.25) is 0 Å². The zero-order valence-corrected chi connectivity index (χ0v) is 14.3. The highest BCUT2D eigenvalue weighted by molar-refractivity contribution is 7.15. The molecule has 2 atom stereocenters. The summed E-state index contributed by atoms with van der Waals surface area (Å²) in [5, 5.41) is 22.5. The largest absolute Gasteiger partial charge is 0.466 e. The molecule has 8 nitrogen and oxygen atoms in total. The van der Waals surface area contributed by atoms with Crippen molar-refractivity contribution >= 4 is 28.5 Å². The van der Waals surface area contributed by atoms with Crippen molar-refractivity contribution < 1.29 is 29.3 Å². The van der Waals surface area contributed by atoms with Crippen LogP contribution in [0, 0.1) is 0 Å². The van der Waals surface area contributed by atoms with E-state index in [1.54, 1.807) is 27.7 Å². The number of carbonyl (C=O) groups is 2. The van der Waals surface area contributed by atoms with Crippen molar-refractivity contribution in [3.05, 3.63) is 11.1 Å². The predicted molar refractivity (Wildman–Crippen MR) is 84.2 cm³/mol. The van der Waals surface area contributed by atoms with Gasteiger partial charge in [0.1, 0.15) is 11.7 Å². The van der Waals surface area contributed by atoms with Crippen LogP contribution in [0.15, 0.2) is 6.20 Å². The van der Waals surface area contributed by atoms with Gasteiger partial charge in [-0.05, 0) is 27.7 Å². The fraction of sp³-hybridized carbons (Fsp3) is 0.643. The Morgan fingerprint density at radius 1 is 1.39 bits per heavy atom. The van der Waals surface area contributed by atoms with Gasteiger partial charge in [0.15, 0.2) is 5.13 Å². The van der Waals surface area contributed by atoms with Crippen LogP contribution in [0.25, 0.3) is 0 Å². The standard InChI is InChI=1S/C14H22N2O6S/c1-5-21-10(18)6-8(17)11(19)9-7-15-12(23-9)16-13(20)22-14(2,3)4/h7-8,11,17,19H,5-6H2,1-4H3,(H,15,16,20). The summed E-state index contributed by atoms with van der Waals surface area (Å²) < 4.78 is 9.79. The summed E-state index contributed by atoms with van der Waals surface area (Å²) in [5.74, 6) is -0.601. The second-order valence-corrected chi connectivity index (χ2v) is 6.78. The Bertz CT molecular complexity index is 540. The Labute approximate surface area is 138 Å². The lowest BCUT2D eigenvalue weighted by molar-refractivity contribution is -0.147. The second-order valence-electron chi connectivity index (χ2n) is 5.72. The number of thiazole rings is 1. The van der Waals surface area contributed by atoms with Crippen molar-refractivity contribution in [2.45, 2.75) is 51.9 Å². The Kier molecular flexibility index (Phi) is 6.92. The molecule has 3 N–H and O–H groups in total. The van der Waals surface area contributed by atoms with Crippen LogP contribution in [-0.4, -0.2) is 45.6 Å². The molecule has 23 heavy (non-hydrogen) atoms. The summed E-state index contributed by atoms with van der Waals surface area (Å²) in [6, 6.07) is 0. The van der Waals surface area contributed by atoms with Crippen molar-refractivity contribution in [3.63, 3.8) is 0 Å². The first-order valence-corrected chi connectivity index (χ1v) is 7.91. The monoisotopic (exact) mass is 346 g/mol. The zero-order valence-electron chi connectivity index (χ0n) is 13.5. The average molecular weight is 346 g/mol. The van der Waals surface area contributed by atoms with E-state index >= 15 is 0 Å². The molecular weight excluding hydrogens is 324 g/mol. The molecule has 1 aromatic rings. The maximum atomic E-state index is 11.6. The number of aromatic nitrogens is 1. The topological polar surface area (TPSA) is 118 Å². The van der Waals surface area contributed by atoms with Crippen molar-refractivity contribution in [3.8, 4) is 0 Å². The minimum atomic E-state index is -1.32. The van der Waals surface area contributed by atoms with E-state index in [0.717, 1.165) is 11.3 Å². The van der Waals surface area contributed by atoms with Crippen LogP contribution in [0.1, 0.15) is 45.1 Å². The van der Waals surface area contributed by atoms with Gasteiger partial charge in [0, 0.05) is 6.20 Å². The van der Waals surface area contributed by atoms with Crippen LogP contribution in [-0.2, 0) is 14.3 Å². The number of aliphatic hydroxyl groups excluding tert-OH is 2. The first-order chi connectivity index (χ1) is 10.6. The van der Waals surface area contributed by atoms with Gasteiger partial charge in [-0.1, -0.05) is 11.3 Å². The van der Waals surface area contributed by atoms with Gasteiger partial charge in [-0.2, -0.15) is 0 Å². The molecule has 0 radical (unpaired) electrons. The van der Waals surface area contributed by atoms with E-state index in [1.807, 2.05) is 0 Å². The highest BCUT2D eigenvalue weighted by Crippen LogP contribution is 2.28. The summed E-state index contributed by atoms with van der Waals surface area (Å²) in [4.78, 5) is 27.1. The number of carbonyl (C=O) groups excluding carboxylic acids is 2. The third kappa shape index (κ3) is 6.93. The Morgan fingerprint density at radius 2 is 2.04 bits per heavy atom. The predicted octanol–water partition coefficient (Wildman–Crippen LogP) is 1.84. The number of hydrogen-bond acceptors (Lipinski definition) is 8. The van der Waals surface area contributed by atoms with Crippen molar-refractivity contribution in [2.24, 2.45) is 0 Å². The van der Waals surface area contributed by atoms with Gasteiger partial charge in [0.05, 0.1) is 24.0 Å². The second kappa shape index (κ2) is 8.23. The first-order valence-electron chi connectivity index (χ1n) is 7.10. The molecule has 0 aliphatic carbocycles. The summed E-state index contributed by atoms with van der Waals surface area (Å²) in [6.07, 6.45) is -2.30. The number of nitrogens with one attached hydrogen (secondary N) is 1. The summed E-state index contributed by atoms with van der Waals surface area (Å²) in [7, 11) is 0. The van der Waals surface area contributed by atoms with Crippen molar-refractivity contribution in [1.29, 1.82) is 0 Å². The molecular formula is C14H22N2O6S. The van der Waals surface area contributed by atoms with Crippen LogP contribution < -0.4 is 5.32 Å². The zero-order chi connectivity index (χ0) is 17.6. The number of amides is 1. The Morgan fingerprint density at radius 3 is 2.61 bits per heavy atom. The Hall–Kier alpha value is -1.71.